The molecule has 0 amide bonds. The Labute approximate surface area is 76.8 Å². The van der Waals surface area contributed by atoms with Crippen molar-refractivity contribution in [3.05, 3.63) is 0 Å². The van der Waals surface area contributed by atoms with Crippen molar-refractivity contribution in [2.24, 2.45) is 5.92 Å². The van der Waals surface area contributed by atoms with Gasteiger partial charge >= 0.3 is 0 Å². The van der Waals surface area contributed by atoms with Crippen molar-refractivity contribution in [1.29, 1.82) is 0 Å². The molecule has 0 saturated carbocycles. The number of hydrogen-bond acceptors (Lipinski definition) is 1. The highest BCUT2D eigenvalue weighted by Crippen LogP contribution is 2.53. The largest absolute Gasteiger partial charge is 0.306 e. The summed E-state index contributed by atoms with van der Waals surface area (Å²) >= 11 is 0. The first kappa shape index (κ1) is 12.2. The Morgan fingerprint density at radius 2 is 1.58 bits per heavy atom. The van der Waals surface area contributed by atoms with Gasteiger partial charge in [0.25, 0.3) is 0 Å². The Morgan fingerprint density at radius 1 is 1.17 bits per heavy atom. The predicted octanol–water partition coefficient (Wildman–Crippen LogP) is 2.89. The summed E-state index contributed by atoms with van der Waals surface area (Å²) in [6, 6.07) is 0. The second-order valence-corrected chi connectivity index (χ2v) is 7.98. The molecule has 1 atom stereocenters. The van der Waals surface area contributed by atoms with Crippen molar-refractivity contribution in [3.63, 3.8) is 0 Å². The van der Waals surface area contributed by atoms with Crippen LogP contribution in [0.2, 0.25) is 0 Å². The summed E-state index contributed by atoms with van der Waals surface area (Å²) in [7, 11) is 1.75. The minimum Gasteiger partial charge on any atom is -0.306 e. The topological polar surface area (TPSA) is 20.3 Å². The van der Waals surface area contributed by atoms with Crippen LogP contribution in [0.4, 0.5) is 0 Å². The minimum absolute atomic E-state index is 0.273. The standard InChI is InChI=1S/C9H22NOP/c1-8(2)7-12(11,9(3)4)10(5)6/h8-9H,7H2,1-6H3. The summed E-state index contributed by atoms with van der Waals surface area (Å²) in [5, 5.41) is 0. The molecule has 0 fully saturated rings. The lowest BCUT2D eigenvalue weighted by Gasteiger charge is -2.29. The highest BCUT2D eigenvalue weighted by atomic mass is 31.2. The second-order valence-electron chi connectivity index (χ2n) is 4.27. The maximum absolute atomic E-state index is 12.3. The highest BCUT2D eigenvalue weighted by Gasteiger charge is 2.29. The van der Waals surface area contributed by atoms with Crippen LogP contribution in [-0.4, -0.2) is 30.6 Å². The van der Waals surface area contributed by atoms with E-state index in [0.29, 0.717) is 5.92 Å². The predicted molar refractivity (Wildman–Crippen MR) is 56.1 cm³/mol. The van der Waals surface area contributed by atoms with E-state index in [9.17, 15) is 4.57 Å². The molecule has 2 nitrogen and oxygen atoms in total. The van der Waals surface area contributed by atoms with Crippen LogP contribution in [0.1, 0.15) is 27.7 Å². The van der Waals surface area contributed by atoms with E-state index in [0.717, 1.165) is 6.16 Å². The number of hydrogen-bond donors (Lipinski definition) is 0. The van der Waals surface area contributed by atoms with Gasteiger partial charge in [0.15, 0.2) is 7.29 Å². The van der Waals surface area contributed by atoms with Crippen LogP contribution in [0.25, 0.3) is 0 Å². The van der Waals surface area contributed by atoms with E-state index in [1.165, 1.54) is 0 Å². The summed E-state index contributed by atoms with van der Waals surface area (Å²) in [6.45, 7) is 8.34. The molecule has 0 N–H and O–H groups in total. The Bertz CT molecular complexity index is 163. The van der Waals surface area contributed by atoms with Gasteiger partial charge in [-0.1, -0.05) is 27.7 Å². The van der Waals surface area contributed by atoms with Crippen LogP contribution in [-0.2, 0) is 4.57 Å². The van der Waals surface area contributed by atoms with E-state index in [4.69, 9.17) is 0 Å². The first-order chi connectivity index (χ1) is 5.30. The van der Waals surface area contributed by atoms with E-state index >= 15 is 0 Å². The van der Waals surface area contributed by atoms with Gasteiger partial charge in [0, 0.05) is 11.8 Å². The summed E-state index contributed by atoms with van der Waals surface area (Å²) in [5.41, 5.74) is 0.273. The average Bonchev–Trinajstić information content (AvgIpc) is 1.84. The molecule has 0 radical (unpaired) electrons. The zero-order valence-corrected chi connectivity index (χ0v) is 10.1. The molecule has 0 aliphatic heterocycles. The van der Waals surface area contributed by atoms with Crippen molar-refractivity contribution in [1.82, 2.24) is 4.67 Å². The molecule has 0 aromatic heterocycles. The molecule has 0 aromatic carbocycles. The maximum atomic E-state index is 12.3. The van der Waals surface area contributed by atoms with Crippen molar-refractivity contribution in [3.8, 4) is 0 Å². The van der Waals surface area contributed by atoms with E-state index in [-0.39, 0.29) is 5.66 Å². The highest BCUT2D eigenvalue weighted by molar-refractivity contribution is 7.62. The molecule has 74 valence electrons. The first-order valence-electron chi connectivity index (χ1n) is 4.57. The quantitative estimate of drug-likeness (QED) is 0.637. The molecular weight excluding hydrogens is 169 g/mol. The van der Waals surface area contributed by atoms with Gasteiger partial charge in [-0.3, -0.25) is 4.67 Å². The third-order valence-electron chi connectivity index (χ3n) is 2.11. The number of rotatable bonds is 4. The Kier molecular flexibility index (Phi) is 4.50. The lowest BCUT2D eigenvalue weighted by atomic mass is 10.3. The average molecular weight is 191 g/mol. The van der Waals surface area contributed by atoms with Crippen LogP contribution < -0.4 is 0 Å². The molecule has 3 heteroatoms. The van der Waals surface area contributed by atoms with E-state index in [1.807, 2.05) is 32.6 Å². The third kappa shape index (κ3) is 2.91. The first-order valence-corrected chi connectivity index (χ1v) is 6.48. The van der Waals surface area contributed by atoms with E-state index in [2.05, 4.69) is 13.8 Å². The monoisotopic (exact) mass is 191 g/mol. The van der Waals surface area contributed by atoms with Gasteiger partial charge in [-0.05, 0) is 20.0 Å². The van der Waals surface area contributed by atoms with Gasteiger partial charge in [0.05, 0.1) is 0 Å². The van der Waals surface area contributed by atoms with Crippen LogP contribution in [0.3, 0.4) is 0 Å². The van der Waals surface area contributed by atoms with E-state index < -0.39 is 7.29 Å². The molecule has 12 heavy (non-hydrogen) atoms. The third-order valence-corrected chi connectivity index (χ3v) is 6.33. The van der Waals surface area contributed by atoms with Gasteiger partial charge in [0.1, 0.15) is 0 Å². The summed E-state index contributed by atoms with van der Waals surface area (Å²) in [4.78, 5) is 0. The van der Waals surface area contributed by atoms with Crippen LogP contribution in [0, 0.1) is 5.92 Å². The molecule has 0 aliphatic rings. The van der Waals surface area contributed by atoms with Gasteiger partial charge in [-0.2, -0.15) is 0 Å². The van der Waals surface area contributed by atoms with Gasteiger partial charge in [0.2, 0.25) is 0 Å². The second kappa shape index (κ2) is 4.43. The molecule has 0 rings (SSSR count). The smallest absolute Gasteiger partial charge is 0.152 e. The summed E-state index contributed by atoms with van der Waals surface area (Å²) < 4.78 is 14.3. The number of nitrogens with zero attached hydrogens (tertiary/aromatic N) is 1. The maximum Gasteiger partial charge on any atom is 0.152 e. The molecule has 0 aromatic rings. The summed E-state index contributed by atoms with van der Waals surface area (Å²) in [6.07, 6.45) is 0.831. The van der Waals surface area contributed by atoms with Crippen molar-refractivity contribution >= 4 is 7.29 Å². The normalized spacial score (nSPS) is 17.4. The molecule has 0 saturated heterocycles. The lowest BCUT2D eigenvalue weighted by Crippen LogP contribution is -2.20. The Morgan fingerprint density at radius 3 is 1.67 bits per heavy atom. The van der Waals surface area contributed by atoms with Gasteiger partial charge in [-0.15, -0.1) is 0 Å². The fraction of sp³-hybridized carbons (Fsp3) is 1.00. The fourth-order valence-electron chi connectivity index (χ4n) is 1.36. The Balaban J connectivity index is 4.53. The zero-order valence-electron chi connectivity index (χ0n) is 9.16. The van der Waals surface area contributed by atoms with Gasteiger partial charge in [-0.25, -0.2) is 0 Å². The van der Waals surface area contributed by atoms with Crippen molar-refractivity contribution in [2.45, 2.75) is 33.4 Å². The minimum atomic E-state index is -2.09. The van der Waals surface area contributed by atoms with Crippen LogP contribution >= 0.6 is 7.29 Å². The molecule has 0 aliphatic carbocycles. The SMILES string of the molecule is CC(C)CP(=O)(C(C)C)N(C)C. The molecule has 0 bridgehead atoms. The van der Waals surface area contributed by atoms with Gasteiger partial charge < -0.3 is 4.57 Å². The zero-order chi connectivity index (χ0) is 9.94. The Hall–Kier alpha value is 0.190. The van der Waals surface area contributed by atoms with Crippen molar-refractivity contribution < 1.29 is 4.57 Å². The molecular formula is C9H22NOP. The fourth-order valence-corrected chi connectivity index (χ4v) is 4.08. The molecule has 0 spiro atoms. The molecule has 0 heterocycles. The molecule has 1 unspecified atom stereocenters. The lowest BCUT2D eigenvalue weighted by molar-refractivity contribution is 0.495. The van der Waals surface area contributed by atoms with E-state index in [1.54, 1.807) is 0 Å². The van der Waals surface area contributed by atoms with Crippen LogP contribution in [0.15, 0.2) is 0 Å². The van der Waals surface area contributed by atoms with Crippen molar-refractivity contribution in [2.75, 3.05) is 20.3 Å². The summed E-state index contributed by atoms with van der Waals surface area (Å²) in [5.74, 6) is 0.514. The van der Waals surface area contributed by atoms with Crippen LogP contribution in [0.5, 0.6) is 0 Å².